The quantitative estimate of drug-likeness (QED) is 0.249. The van der Waals surface area contributed by atoms with Crippen molar-refractivity contribution in [3.63, 3.8) is 0 Å². The molecule has 2 saturated carbocycles. The maximum Gasteiger partial charge on any atom is 0.145 e. The minimum atomic E-state index is 0.0115. The summed E-state index contributed by atoms with van der Waals surface area (Å²) in [5.41, 5.74) is 1.88. The summed E-state index contributed by atoms with van der Waals surface area (Å²) < 4.78 is 0. The second kappa shape index (κ2) is 14.5. The highest BCUT2D eigenvalue weighted by atomic mass is 16.3. The molecular formula is C28H44O3. The van der Waals surface area contributed by atoms with E-state index >= 15 is 0 Å². The molecule has 0 bridgehead atoms. The summed E-state index contributed by atoms with van der Waals surface area (Å²) in [4.78, 5) is 9.68. The minimum absolute atomic E-state index is 0.0115. The highest BCUT2D eigenvalue weighted by Crippen LogP contribution is 2.44. The fourth-order valence-electron chi connectivity index (χ4n) is 5.50. The normalized spacial score (nSPS) is 25.9. The van der Waals surface area contributed by atoms with Gasteiger partial charge in [-0.05, 0) is 91.9 Å². The molecule has 0 unspecified atom stereocenters. The van der Waals surface area contributed by atoms with E-state index in [9.17, 15) is 9.90 Å². The van der Waals surface area contributed by atoms with Gasteiger partial charge in [0.1, 0.15) is 12.0 Å². The Morgan fingerprint density at radius 3 is 2.03 bits per heavy atom. The summed E-state index contributed by atoms with van der Waals surface area (Å²) in [5, 5.41) is 17.6. The Labute approximate surface area is 190 Å². The first-order valence-corrected chi connectivity index (χ1v) is 12.6. The van der Waals surface area contributed by atoms with E-state index in [1.54, 1.807) is 0 Å². The van der Waals surface area contributed by atoms with Crippen LogP contribution in [0.1, 0.15) is 102 Å². The number of phenols is 1. The predicted octanol–water partition coefficient (Wildman–Crippen LogP) is 7.18. The maximum atomic E-state index is 9.68. The number of rotatable bonds is 9. The van der Waals surface area contributed by atoms with Crippen molar-refractivity contribution in [2.45, 2.75) is 96.3 Å². The van der Waals surface area contributed by atoms with E-state index < -0.39 is 0 Å². The molecule has 1 aromatic carbocycles. The number of carbonyl (C=O) groups is 1. The van der Waals surface area contributed by atoms with Gasteiger partial charge in [0.2, 0.25) is 0 Å². The maximum absolute atomic E-state index is 9.68. The summed E-state index contributed by atoms with van der Waals surface area (Å²) in [6, 6.07) is 7.95. The summed E-state index contributed by atoms with van der Waals surface area (Å²) in [6.07, 6.45) is 18.4. The number of aromatic hydroxyl groups is 1. The molecule has 0 atom stereocenters. The molecule has 2 aliphatic carbocycles. The number of aliphatic hydroxyl groups excluding tert-OH is 1. The zero-order valence-corrected chi connectivity index (χ0v) is 19.6. The van der Waals surface area contributed by atoms with Gasteiger partial charge in [0.15, 0.2) is 0 Å². The van der Waals surface area contributed by atoms with Crippen LogP contribution in [-0.2, 0) is 4.79 Å². The van der Waals surface area contributed by atoms with E-state index in [0.29, 0.717) is 24.0 Å². The lowest BCUT2D eigenvalue weighted by molar-refractivity contribution is -0.105. The van der Waals surface area contributed by atoms with Crippen LogP contribution in [0.2, 0.25) is 0 Å². The van der Waals surface area contributed by atoms with Crippen LogP contribution in [0.25, 0.3) is 0 Å². The molecule has 31 heavy (non-hydrogen) atoms. The summed E-state index contributed by atoms with van der Waals surface area (Å²) in [7, 11) is 0. The van der Waals surface area contributed by atoms with Gasteiger partial charge in [0.25, 0.3) is 0 Å². The monoisotopic (exact) mass is 428 g/mol. The smallest absolute Gasteiger partial charge is 0.145 e. The van der Waals surface area contributed by atoms with E-state index in [0.717, 1.165) is 23.7 Å². The molecule has 2 fully saturated rings. The van der Waals surface area contributed by atoms with E-state index in [4.69, 9.17) is 5.11 Å². The molecule has 1 aromatic rings. The zero-order chi connectivity index (χ0) is 22.5. The van der Waals surface area contributed by atoms with Gasteiger partial charge in [-0.15, -0.1) is 0 Å². The van der Waals surface area contributed by atoms with Crippen molar-refractivity contribution in [3.8, 4) is 5.75 Å². The standard InChI is InChI=1S/C23H36O.C5H8O2/c1-2-3-4-5-18-6-8-19(9-7-18)20-10-12-21(13-11-20)22-14-16-23(24)17-15-22;1-5(4-7)2-3-6/h14-21,24H,2-13H2,1H3;4,6H,1-3H2. The molecule has 2 N–H and O–H groups in total. The average molecular weight is 429 g/mol. The van der Waals surface area contributed by atoms with E-state index in [1.807, 2.05) is 12.1 Å². The van der Waals surface area contributed by atoms with Crippen molar-refractivity contribution in [2.24, 2.45) is 17.8 Å². The molecule has 0 saturated heterocycles. The number of unbranched alkanes of at least 4 members (excludes halogenated alkanes) is 2. The van der Waals surface area contributed by atoms with Crippen LogP contribution in [0, 0.1) is 17.8 Å². The molecule has 174 valence electrons. The molecule has 0 aliphatic heterocycles. The lowest BCUT2D eigenvalue weighted by Crippen LogP contribution is -2.25. The Hall–Kier alpha value is -1.61. The lowest BCUT2D eigenvalue weighted by Gasteiger charge is -2.38. The van der Waals surface area contributed by atoms with Crippen LogP contribution < -0.4 is 0 Å². The summed E-state index contributed by atoms with van der Waals surface area (Å²) >= 11 is 0. The first kappa shape index (κ1) is 25.6. The largest absolute Gasteiger partial charge is 0.508 e. The number of phenolic OH excluding ortho intramolecular Hbond substituents is 1. The zero-order valence-electron chi connectivity index (χ0n) is 19.6. The molecule has 2 aliphatic rings. The second-order valence-electron chi connectivity index (χ2n) is 9.73. The van der Waals surface area contributed by atoms with Gasteiger partial charge < -0.3 is 10.2 Å². The first-order chi connectivity index (χ1) is 15.1. The third-order valence-electron chi connectivity index (χ3n) is 7.51. The van der Waals surface area contributed by atoms with Crippen LogP contribution in [0.3, 0.4) is 0 Å². The molecule has 0 amide bonds. The molecule has 0 spiro atoms. The molecule has 0 aromatic heterocycles. The van der Waals surface area contributed by atoms with Crippen LogP contribution in [0.5, 0.6) is 5.75 Å². The van der Waals surface area contributed by atoms with Gasteiger partial charge in [-0.3, -0.25) is 4.79 Å². The number of hydrogen-bond acceptors (Lipinski definition) is 3. The van der Waals surface area contributed by atoms with Crippen LogP contribution >= 0.6 is 0 Å². The highest BCUT2D eigenvalue weighted by molar-refractivity contribution is 5.71. The Morgan fingerprint density at radius 1 is 0.968 bits per heavy atom. The molecule has 0 heterocycles. The summed E-state index contributed by atoms with van der Waals surface area (Å²) in [5.74, 6) is 4.18. The van der Waals surface area contributed by atoms with Crippen molar-refractivity contribution in [1.82, 2.24) is 0 Å². The fourth-order valence-corrected chi connectivity index (χ4v) is 5.50. The average Bonchev–Trinajstić information content (AvgIpc) is 2.81. The van der Waals surface area contributed by atoms with Gasteiger partial charge >= 0.3 is 0 Å². The van der Waals surface area contributed by atoms with E-state index in [1.165, 1.54) is 82.6 Å². The van der Waals surface area contributed by atoms with Crippen molar-refractivity contribution in [2.75, 3.05) is 6.61 Å². The minimum Gasteiger partial charge on any atom is -0.508 e. The predicted molar refractivity (Wildman–Crippen MR) is 129 cm³/mol. The molecule has 3 nitrogen and oxygen atoms in total. The van der Waals surface area contributed by atoms with Crippen LogP contribution in [0.4, 0.5) is 0 Å². The second-order valence-corrected chi connectivity index (χ2v) is 9.73. The molecule has 3 rings (SSSR count). The third-order valence-corrected chi connectivity index (χ3v) is 7.51. The Balaban J connectivity index is 0.000000423. The molecular weight excluding hydrogens is 384 g/mol. The Bertz CT molecular complexity index is 620. The number of aldehydes is 1. The number of benzene rings is 1. The van der Waals surface area contributed by atoms with Crippen LogP contribution in [-0.4, -0.2) is 23.1 Å². The van der Waals surface area contributed by atoms with Gasteiger partial charge in [-0.25, -0.2) is 0 Å². The van der Waals surface area contributed by atoms with Crippen molar-refractivity contribution >= 4 is 6.29 Å². The van der Waals surface area contributed by atoms with Gasteiger partial charge in [-0.2, -0.15) is 0 Å². The number of carbonyl (C=O) groups excluding carboxylic acids is 1. The first-order valence-electron chi connectivity index (χ1n) is 12.6. The van der Waals surface area contributed by atoms with Gasteiger partial charge in [-0.1, -0.05) is 64.2 Å². The van der Waals surface area contributed by atoms with Crippen LogP contribution in [0.15, 0.2) is 36.4 Å². The third kappa shape index (κ3) is 9.19. The van der Waals surface area contributed by atoms with E-state index in [-0.39, 0.29) is 6.61 Å². The van der Waals surface area contributed by atoms with Gasteiger partial charge in [0.05, 0.1) is 0 Å². The SMILES string of the molecule is C=C(C=O)CCO.CCCCCC1CCC(C2CCC(c3ccc(O)cc3)CC2)CC1. The molecule has 3 heteroatoms. The highest BCUT2D eigenvalue weighted by Gasteiger charge is 2.31. The summed E-state index contributed by atoms with van der Waals surface area (Å²) in [6.45, 7) is 5.66. The lowest BCUT2D eigenvalue weighted by atomic mass is 9.68. The van der Waals surface area contributed by atoms with E-state index in [2.05, 4.69) is 25.6 Å². The molecule has 0 radical (unpaired) electrons. The number of hydrogen-bond donors (Lipinski definition) is 2. The van der Waals surface area contributed by atoms with Gasteiger partial charge in [0, 0.05) is 6.61 Å². The topological polar surface area (TPSA) is 57.5 Å². The number of aliphatic hydroxyl groups is 1. The Kier molecular flexibility index (Phi) is 12.0. The van der Waals surface area contributed by atoms with Crippen molar-refractivity contribution in [1.29, 1.82) is 0 Å². The van der Waals surface area contributed by atoms with Crippen molar-refractivity contribution < 1.29 is 15.0 Å². The van der Waals surface area contributed by atoms with Crippen molar-refractivity contribution in [3.05, 3.63) is 42.0 Å². The fraction of sp³-hybridized carbons (Fsp3) is 0.679. The Morgan fingerprint density at radius 2 is 1.55 bits per heavy atom.